The van der Waals surface area contributed by atoms with Gasteiger partial charge in [0.2, 0.25) is 0 Å². The summed E-state index contributed by atoms with van der Waals surface area (Å²) in [7, 11) is 1.50. The van der Waals surface area contributed by atoms with Crippen molar-refractivity contribution in [3.05, 3.63) is 51.0 Å². The molecule has 0 saturated carbocycles. The molecule has 1 aromatic carbocycles. The fraction of sp³-hybridized carbons (Fsp3) is 0.412. The van der Waals surface area contributed by atoms with E-state index >= 15 is 0 Å². The first kappa shape index (κ1) is 20.0. The van der Waals surface area contributed by atoms with E-state index in [1.54, 1.807) is 22.8 Å². The molecule has 0 fully saturated rings. The Balaban J connectivity index is 1.98. The number of ether oxygens (including phenoxy) is 1. The number of hydrogen-bond donors (Lipinski definition) is 0. The Morgan fingerprint density at radius 3 is 2.74 bits per heavy atom. The van der Waals surface area contributed by atoms with Gasteiger partial charge in [-0.2, -0.15) is 13.2 Å². The number of carbonyl (C=O) groups is 1. The Morgan fingerprint density at radius 1 is 1.33 bits per heavy atom. The molecule has 1 aromatic heterocycles. The molecule has 1 aliphatic rings. The van der Waals surface area contributed by atoms with Crippen LogP contribution in [-0.4, -0.2) is 40.2 Å². The first-order chi connectivity index (χ1) is 12.7. The molecule has 0 spiro atoms. The lowest BCUT2D eigenvalue weighted by atomic mass is 10.1. The maximum Gasteiger partial charge on any atom is 0.471 e. The lowest BCUT2D eigenvalue weighted by molar-refractivity contribution is -0.186. The van der Waals surface area contributed by atoms with Crippen molar-refractivity contribution in [2.24, 2.45) is 0 Å². The molecular weight excluding hydrogens is 406 g/mol. The number of benzene rings is 1. The summed E-state index contributed by atoms with van der Waals surface area (Å²) in [4.78, 5) is 16.9. The quantitative estimate of drug-likeness (QED) is 0.753. The number of imidazole rings is 1. The zero-order chi connectivity index (χ0) is 19.8. The van der Waals surface area contributed by atoms with Crippen LogP contribution >= 0.6 is 23.2 Å². The van der Waals surface area contributed by atoms with Gasteiger partial charge in [-0.05, 0) is 23.8 Å². The molecule has 0 bridgehead atoms. The molecule has 2 heterocycles. The third-order valence-electron chi connectivity index (χ3n) is 4.33. The van der Waals surface area contributed by atoms with E-state index < -0.39 is 12.1 Å². The van der Waals surface area contributed by atoms with Gasteiger partial charge in [-0.1, -0.05) is 23.2 Å². The number of nitrogens with zero attached hydrogens (tertiary/aromatic N) is 3. The number of amides is 1. The third-order valence-corrected chi connectivity index (χ3v) is 4.94. The highest BCUT2D eigenvalue weighted by Crippen LogP contribution is 2.28. The van der Waals surface area contributed by atoms with E-state index in [4.69, 9.17) is 27.9 Å². The number of carbonyl (C=O) groups excluding carboxylic acids is 1. The molecule has 3 rings (SSSR count). The molecule has 146 valence electrons. The first-order valence-corrected chi connectivity index (χ1v) is 8.82. The summed E-state index contributed by atoms with van der Waals surface area (Å²) in [6.07, 6.45) is -4.67. The SMILES string of the molecule is COCc1nc2c(n1Cc1cc(Cl)ccc1Cl)CN(C(=O)C(F)(F)F)CC2. The van der Waals surface area contributed by atoms with Gasteiger partial charge >= 0.3 is 12.1 Å². The smallest absolute Gasteiger partial charge is 0.377 e. The molecule has 27 heavy (non-hydrogen) atoms. The van der Waals surface area contributed by atoms with Gasteiger partial charge in [0, 0.05) is 30.1 Å². The average Bonchev–Trinajstić information content (AvgIpc) is 2.94. The van der Waals surface area contributed by atoms with Crippen LogP contribution in [0.4, 0.5) is 13.2 Å². The lowest BCUT2D eigenvalue weighted by Crippen LogP contribution is -2.44. The fourth-order valence-corrected chi connectivity index (χ4v) is 3.46. The molecular formula is C17H16Cl2F3N3O2. The van der Waals surface area contributed by atoms with E-state index in [9.17, 15) is 18.0 Å². The Morgan fingerprint density at radius 2 is 2.07 bits per heavy atom. The van der Waals surface area contributed by atoms with Gasteiger partial charge in [0.05, 0.1) is 24.5 Å². The molecule has 1 aliphatic heterocycles. The Kier molecular flexibility index (Phi) is 5.69. The van der Waals surface area contributed by atoms with Crippen LogP contribution in [0.3, 0.4) is 0 Å². The van der Waals surface area contributed by atoms with Crippen LogP contribution in [0.15, 0.2) is 18.2 Å². The highest BCUT2D eigenvalue weighted by molar-refractivity contribution is 6.33. The minimum absolute atomic E-state index is 0.0350. The van der Waals surface area contributed by atoms with E-state index in [0.717, 1.165) is 4.90 Å². The van der Waals surface area contributed by atoms with Gasteiger partial charge in [-0.3, -0.25) is 4.79 Å². The average molecular weight is 422 g/mol. The fourth-order valence-electron chi connectivity index (χ4n) is 3.08. The molecule has 0 N–H and O–H groups in total. The highest BCUT2D eigenvalue weighted by atomic mass is 35.5. The number of alkyl halides is 3. The largest absolute Gasteiger partial charge is 0.471 e. The van der Waals surface area contributed by atoms with Gasteiger partial charge in [0.1, 0.15) is 12.4 Å². The summed E-state index contributed by atoms with van der Waals surface area (Å²) in [5, 5.41) is 0.967. The summed E-state index contributed by atoms with van der Waals surface area (Å²) in [6, 6.07) is 4.99. The van der Waals surface area contributed by atoms with E-state index in [1.807, 2.05) is 0 Å². The van der Waals surface area contributed by atoms with Crippen LogP contribution < -0.4 is 0 Å². The van der Waals surface area contributed by atoms with Crippen molar-refractivity contribution in [2.45, 2.75) is 32.3 Å². The molecule has 0 unspecified atom stereocenters. The van der Waals surface area contributed by atoms with Gasteiger partial charge in [-0.25, -0.2) is 4.98 Å². The van der Waals surface area contributed by atoms with E-state index in [1.165, 1.54) is 7.11 Å². The van der Waals surface area contributed by atoms with Gasteiger partial charge < -0.3 is 14.2 Å². The minimum atomic E-state index is -4.91. The van der Waals surface area contributed by atoms with Crippen molar-refractivity contribution in [3.8, 4) is 0 Å². The predicted molar refractivity (Wildman–Crippen MR) is 93.7 cm³/mol. The number of rotatable bonds is 4. The summed E-state index contributed by atoms with van der Waals surface area (Å²) in [5.41, 5.74) is 1.90. The normalized spacial score (nSPS) is 14.4. The Bertz CT molecular complexity index is 868. The van der Waals surface area contributed by atoms with Crippen molar-refractivity contribution < 1.29 is 22.7 Å². The van der Waals surface area contributed by atoms with E-state index in [2.05, 4.69) is 4.98 Å². The zero-order valence-electron chi connectivity index (χ0n) is 14.3. The molecule has 0 aliphatic carbocycles. The second-order valence-electron chi connectivity index (χ2n) is 6.15. The summed E-state index contributed by atoms with van der Waals surface area (Å²) < 4.78 is 45.3. The molecule has 10 heteroatoms. The molecule has 1 amide bonds. The van der Waals surface area contributed by atoms with Crippen molar-refractivity contribution >= 4 is 29.1 Å². The van der Waals surface area contributed by atoms with Gasteiger partial charge in [-0.15, -0.1) is 0 Å². The first-order valence-electron chi connectivity index (χ1n) is 8.06. The Hall–Kier alpha value is -1.77. The van der Waals surface area contributed by atoms with Crippen molar-refractivity contribution in [3.63, 3.8) is 0 Å². The maximum atomic E-state index is 12.8. The molecule has 2 aromatic rings. The van der Waals surface area contributed by atoms with E-state index in [-0.39, 0.29) is 32.7 Å². The molecule has 5 nitrogen and oxygen atoms in total. The number of aromatic nitrogens is 2. The van der Waals surface area contributed by atoms with Gasteiger partial charge in [0.15, 0.2) is 0 Å². The number of hydrogen-bond acceptors (Lipinski definition) is 3. The Labute approximate surface area is 163 Å². The summed E-state index contributed by atoms with van der Waals surface area (Å²) in [6.45, 7) is 0.224. The van der Waals surface area contributed by atoms with Crippen LogP contribution in [0.25, 0.3) is 0 Å². The van der Waals surface area contributed by atoms with Crippen LogP contribution in [0, 0.1) is 0 Å². The van der Waals surface area contributed by atoms with Crippen molar-refractivity contribution in [1.29, 1.82) is 0 Å². The topological polar surface area (TPSA) is 47.4 Å². The number of fused-ring (bicyclic) bond motifs is 1. The molecule has 0 saturated heterocycles. The monoisotopic (exact) mass is 421 g/mol. The zero-order valence-corrected chi connectivity index (χ0v) is 15.8. The number of methoxy groups -OCH3 is 1. The van der Waals surface area contributed by atoms with Crippen LogP contribution in [0.1, 0.15) is 22.8 Å². The van der Waals surface area contributed by atoms with Crippen molar-refractivity contribution in [2.75, 3.05) is 13.7 Å². The summed E-state index contributed by atoms with van der Waals surface area (Å²) in [5.74, 6) is -1.30. The second kappa shape index (κ2) is 7.69. The lowest BCUT2D eigenvalue weighted by Gasteiger charge is -2.28. The summed E-state index contributed by atoms with van der Waals surface area (Å²) >= 11 is 12.3. The van der Waals surface area contributed by atoms with Crippen LogP contribution in [0.2, 0.25) is 10.0 Å². The van der Waals surface area contributed by atoms with E-state index in [0.29, 0.717) is 32.8 Å². The standard InChI is InChI=1S/C17H16Cl2F3N3O2/c1-27-9-15-23-13-4-5-24(16(26)17(20,21)22)8-14(13)25(15)7-10-6-11(18)2-3-12(10)19/h2-3,6H,4-5,7-9H2,1H3. The van der Waals surface area contributed by atoms with Crippen LogP contribution in [0.5, 0.6) is 0 Å². The molecule has 0 radical (unpaired) electrons. The predicted octanol–water partition coefficient (Wildman–Crippen LogP) is 3.83. The highest BCUT2D eigenvalue weighted by Gasteiger charge is 2.43. The maximum absolute atomic E-state index is 12.8. The van der Waals surface area contributed by atoms with Crippen LogP contribution in [-0.2, 0) is 35.6 Å². The second-order valence-corrected chi connectivity index (χ2v) is 6.99. The third kappa shape index (κ3) is 4.23. The minimum Gasteiger partial charge on any atom is -0.377 e. The van der Waals surface area contributed by atoms with Crippen molar-refractivity contribution in [1.82, 2.24) is 14.5 Å². The van der Waals surface area contributed by atoms with Gasteiger partial charge in [0.25, 0.3) is 0 Å². The molecule has 0 atom stereocenters. The number of halogens is 5.